The summed E-state index contributed by atoms with van der Waals surface area (Å²) in [5, 5.41) is 21.8. The van der Waals surface area contributed by atoms with Gasteiger partial charge in [0.05, 0.1) is 13.2 Å². The first-order valence-corrected chi connectivity index (χ1v) is 10.9. The molecule has 31 heavy (non-hydrogen) atoms. The molecule has 0 bridgehead atoms. The van der Waals surface area contributed by atoms with E-state index in [1.807, 2.05) is 56.9 Å². The number of aliphatic hydroxyl groups excluding tert-OH is 2. The summed E-state index contributed by atoms with van der Waals surface area (Å²) in [5.74, 6) is -0.0288. The molecule has 1 aromatic carbocycles. The van der Waals surface area contributed by atoms with Crippen LogP contribution in [0.25, 0.3) is 0 Å². The second-order valence-corrected chi connectivity index (χ2v) is 8.62. The Bertz CT molecular complexity index is 648. The number of aliphatic hydroxyl groups is 2. The van der Waals surface area contributed by atoms with Gasteiger partial charge in [0.1, 0.15) is 11.6 Å². The fourth-order valence-electron chi connectivity index (χ4n) is 3.05. The summed E-state index contributed by atoms with van der Waals surface area (Å²) in [6.07, 6.45) is 1.96. The van der Waals surface area contributed by atoms with Crippen molar-refractivity contribution >= 4 is 12.0 Å². The number of ether oxygens (including phenoxy) is 1. The number of alkyl carbamates (subject to hydrolysis) is 1. The summed E-state index contributed by atoms with van der Waals surface area (Å²) in [7, 11) is 0. The quantitative estimate of drug-likeness (QED) is 0.460. The Balaban J connectivity index is 0.000000592. The third kappa shape index (κ3) is 11.7. The number of nitrogens with zero attached hydrogens (tertiary/aromatic N) is 1. The molecule has 1 fully saturated rings. The fourth-order valence-corrected chi connectivity index (χ4v) is 3.05. The maximum absolute atomic E-state index is 12.8. The smallest absolute Gasteiger partial charge is 0.408 e. The first-order valence-electron chi connectivity index (χ1n) is 10.9. The van der Waals surface area contributed by atoms with Crippen molar-refractivity contribution in [2.75, 3.05) is 39.4 Å². The van der Waals surface area contributed by atoms with Crippen molar-refractivity contribution in [3.63, 3.8) is 0 Å². The molecule has 1 saturated heterocycles. The number of benzene rings is 1. The first-order chi connectivity index (χ1) is 14.7. The van der Waals surface area contributed by atoms with E-state index in [4.69, 9.17) is 14.9 Å². The van der Waals surface area contributed by atoms with Gasteiger partial charge in [0.25, 0.3) is 0 Å². The van der Waals surface area contributed by atoms with Gasteiger partial charge in [-0.2, -0.15) is 0 Å². The van der Waals surface area contributed by atoms with Crippen LogP contribution in [0.4, 0.5) is 4.79 Å². The summed E-state index contributed by atoms with van der Waals surface area (Å²) in [6.45, 7) is 10.4. The Morgan fingerprint density at radius 2 is 1.61 bits per heavy atom. The van der Waals surface area contributed by atoms with Crippen molar-refractivity contribution in [3.05, 3.63) is 35.4 Å². The maximum atomic E-state index is 12.8. The van der Waals surface area contributed by atoms with Crippen molar-refractivity contribution in [2.24, 2.45) is 0 Å². The van der Waals surface area contributed by atoms with Gasteiger partial charge >= 0.3 is 6.09 Å². The standard InChI is InChI=1S/C19H28N2O3.C4H11NO2/c1-14-7-9-15(10-8-14)13-16(17(22)21-11-5-6-12-21)20-18(23)24-19(2,3)4;6-3-1-5-2-4-7/h7-10,16H,5-6,11-13H2,1-4H3,(H,20,23);5-7H,1-4H2. The van der Waals surface area contributed by atoms with Crippen LogP contribution in [0.1, 0.15) is 44.7 Å². The normalized spacial score (nSPS) is 14.5. The van der Waals surface area contributed by atoms with Crippen molar-refractivity contribution < 1.29 is 24.5 Å². The minimum absolute atomic E-state index is 0.0288. The summed E-state index contributed by atoms with van der Waals surface area (Å²) in [5.41, 5.74) is 1.60. The number of carbonyl (C=O) groups excluding carboxylic acids is 2. The van der Waals surface area contributed by atoms with E-state index in [-0.39, 0.29) is 19.1 Å². The van der Waals surface area contributed by atoms with Gasteiger partial charge < -0.3 is 30.5 Å². The number of hydrogen-bond acceptors (Lipinski definition) is 6. The topological polar surface area (TPSA) is 111 Å². The lowest BCUT2D eigenvalue weighted by Crippen LogP contribution is -2.50. The highest BCUT2D eigenvalue weighted by atomic mass is 16.6. The molecule has 2 rings (SSSR count). The minimum Gasteiger partial charge on any atom is -0.444 e. The summed E-state index contributed by atoms with van der Waals surface area (Å²) >= 11 is 0. The molecule has 2 amide bonds. The van der Waals surface area contributed by atoms with Crippen molar-refractivity contribution in [1.82, 2.24) is 15.5 Å². The van der Waals surface area contributed by atoms with Crippen molar-refractivity contribution in [1.29, 1.82) is 0 Å². The van der Waals surface area contributed by atoms with Crippen molar-refractivity contribution in [3.8, 4) is 0 Å². The van der Waals surface area contributed by atoms with Crippen LogP contribution < -0.4 is 10.6 Å². The van der Waals surface area contributed by atoms with Gasteiger partial charge in [0, 0.05) is 32.6 Å². The number of amides is 2. The van der Waals surface area contributed by atoms with Gasteiger partial charge in [-0.15, -0.1) is 0 Å². The van der Waals surface area contributed by atoms with Gasteiger partial charge in [0.2, 0.25) is 5.91 Å². The minimum atomic E-state index is -0.597. The van der Waals surface area contributed by atoms with Gasteiger partial charge in [-0.1, -0.05) is 29.8 Å². The zero-order valence-corrected chi connectivity index (χ0v) is 19.3. The molecule has 1 aromatic rings. The highest BCUT2D eigenvalue weighted by Crippen LogP contribution is 2.14. The third-order valence-corrected chi connectivity index (χ3v) is 4.54. The molecule has 8 heteroatoms. The molecule has 1 aliphatic heterocycles. The highest BCUT2D eigenvalue weighted by Gasteiger charge is 2.29. The molecule has 1 aliphatic rings. The Hall–Kier alpha value is -2.16. The van der Waals surface area contributed by atoms with E-state index in [1.165, 1.54) is 5.56 Å². The van der Waals surface area contributed by atoms with Crippen molar-refractivity contribution in [2.45, 2.75) is 58.6 Å². The van der Waals surface area contributed by atoms with Gasteiger partial charge in [-0.3, -0.25) is 4.79 Å². The zero-order chi connectivity index (χ0) is 23.3. The molecule has 176 valence electrons. The fraction of sp³-hybridized carbons (Fsp3) is 0.652. The molecule has 1 heterocycles. The molecular weight excluding hydrogens is 398 g/mol. The molecular formula is C23H39N3O5. The lowest BCUT2D eigenvalue weighted by atomic mass is 10.0. The predicted octanol–water partition coefficient (Wildman–Crippen LogP) is 1.61. The Kier molecular flexibility index (Phi) is 12.1. The molecule has 0 saturated carbocycles. The van der Waals surface area contributed by atoms with E-state index in [1.54, 1.807) is 0 Å². The van der Waals surface area contributed by atoms with Crippen LogP contribution in [0, 0.1) is 6.92 Å². The Labute approximate surface area is 186 Å². The van der Waals surface area contributed by atoms with E-state index >= 15 is 0 Å². The van der Waals surface area contributed by atoms with Crippen LogP contribution in [0.15, 0.2) is 24.3 Å². The highest BCUT2D eigenvalue weighted by molar-refractivity contribution is 5.86. The third-order valence-electron chi connectivity index (χ3n) is 4.54. The number of carbonyl (C=O) groups is 2. The average Bonchev–Trinajstić information content (AvgIpc) is 3.23. The SMILES string of the molecule is Cc1ccc(CC(NC(=O)OC(C)(C)C)C(=O)N2CCCC2)cc1.OCCNCCO. The summed E-state index contributed by atoms with van der Waals surface area (Å²) in [6, 6.07) is 7.42. The predicted molar refractivity (Wildman–Crippen MR) is 121 cm³/mol. The Morgan fingerprint density at radius 3 is 2.10 bits per heavy atom. The number of nitrogens with one attached hydrogen (secondary N) is 2. The van der Waals surface area contributed by atoms with Crippen LogP contribution in [0.2, 0.25) is 0 Å². The van der Waals surface area contributed by atoms with Gasteiger partial charge in [0.15, 0.2) is 0 Å². The molecule has 0 radical (unpaired) electrons. The second-order valence-electron chi connectivity index (χ2n) is 8.62. The van der Waals surface area contributed by atoms with E-state index in [0.717, 1.165) is 31.5 Å². The first kappa shape index (κ1) is 26.9. The van der Waals surface area contributed by atoms with E-state index < -0.39 is 17.7 Å². The van der Waals surface area contributed by atoms with E-state index in [0.29, 0.717) is 19.5 Å². The summed E-state index contributed by atoms with van der Waals surface area (Å²) in [4.78, 5) is 26.7. The van der Waals surface area contributed by atoms with Gasteiger partial charge in [-0.05, 0) is 46.1 Å². The Morgan fingerprint density at radius 1 is 1.06 bits per heavy atom. The van der Waals surface area contributed by atoms with E-state index in [2.05, 4.69) is 10.6 Å². The van der Waals surface area contributed by atoms with Crippen LogP contribution >= 0.6 is 0 Å². The summed E-state index contributed by atoms with van der Waals surface area (Å²) < 4.78 is 5.32. The number of aryl methyl sites for hydroxylation is 1. The molecule has 8 nitrogen and oxygen atoms in total. The molecule has 4 N–H and O–H groups in total. The number of likely N-dealkylation sites (tertiary alicyclic amines) is 1. The molecule has 0 spiro atoms. The maximum Gasteiger partial charge on any atom is 0.408 e. The molecule has 1 unspecified atom stereocenters. The largest absolute Gasteiger partial charge is 0.444 e. The van der Waals surface area contributed by atoms with Crippen LogP contribution in [0.5, 0.6) is 0 Å². The monoisotopic (exact) mass is 437 g/mol. The molecule has 1 atom stereocenters. The molecule has 0 aliphatic carbocycles. The molecule has 0 aromatic heterocycles. The second kappa shape index (κ2) is 14.0. The van der Waals surface area contributed by atoms with Gasteiger partial charge in [-0.25, -0.2) is 4.79 Å². The number of hydrogen-bond donors (Lipinski definition) is 4. The van der Waals surface area contributed by atoms with Crippen LogP contribution in [-0.4, -0.2) is 78.1 Å². The average molecular weight is 438 g/mol. The number of rotatable bonds is 8. The van der Waals surface area contributed by atoms with E-state index in [9.17, 15) is 9.59 Å². The lowest BCUT2D eigenvalue weighted by molar-refractivity contribution is -0.132. The van der Waals surface area contributed by atoms with Crippen LogP contribution in [-0.2, 0) is 16.0 Å². The van der Waals surface area contributed by atoms with Crippen LogP contribution in [0.3, 0.4) is 0 Å². The lowest BCUT2D eigenvalue weighted by Gasteiger charge is -2.26. The zero-order valence-electron chi connectivity index (χ0n) is 19.3.